The van der Waals surface area contributed by atoms with E-state index in [0.717, 1.165) is 30.7 Å². The standard InChI is InChI=1S/C20H24N6O2S/c1-13(2)11-16-21-18(28-24-16)15-9-6-10-26(12-15)20(27)23-19-22-17(25-29-19)14-7-4-3-5-8-14/h3-5,7-8,13,15H,6,9-12H2,1-2H3,(H,22,23,25,27). The lowest BCUT2D eigenvalue weighted by Gasteiger charge is -2.30. The molecule has 1 N–H and O–H groups in total. The number of carbonyl (C=O) groups excluding carboxylic acids is 1. The molecule has 3 aromatic rings. The largest absolute Gasteiger partial charge is 0.339 e. The molecular formula is C20H24N6O2S. The minimum absolute atomic E-state index is 0.0669. The molecule has 0 spiro atoms. The van der Waals surface area contributed by atoms with Gasteiger partial charge in [-0.15, -0.1) is 0 Å². The van der Waals surface area contributed by atoms with Crippen molar-refractivity contribution in [2.75, 3.05) is 18.4 Å². The number of hydrogen-bond acceptors (Lipinski definition) is 7. The third-order valence-electron chi connectivity index (χ3n) is 4.80. The third-order valence-corrected chi connectivity index (χ3v) is 5.43. The van der Waals surface area contributed by atoms with Gasteiger partial charge in [0.05, 0.1) is 5.92 Å². The van der Waals surface area contributed by atoms with Gasteiger partial charge in [-0.05, 0) is 18.8 Å². The van der Waals surface area contributed by atoms with E-state index in [4.69, 9.17) is 4.52 Å². The second-order valence-electron chi connectivity index (χ2n) is 7.65. The zero-order chi connectivity index (χ0) is 20.2. The highest BCUT2D eigenvalue weighted by Crippen LogP contribution is 2.27. The number of likely N-dealkylation sites (tertiary alicyclic amines) is 1. The number of anilines is 1. The van der Waals surface area contributed by atoms with E-state index < -0.39 is 0 Å². The first-order chi connectivity index (χ1) is 14.1. The van der Waals surface area contributed by atoms with Crippen LogP contribution in [0.2, 0.25) is 0 Å². The number of hydrogen-bond donors (Lipinski definition) is 1. The van der Waals surface area contributed by atoms with Gasteiger partial charge in [0.2, 0.25) is 11.0 Å². The van der Waals surface area contributed by atoms with E-state index in [0.29, 0.717) is 35.9 Å². The molecule has 3 heterocycles. The van der Waals surface area contributed by atoms with E-state index >= 15 is 0 Å². The Morgan fingerprint density at radius 1 is 1.31 bits per heavy atom. The third kappa shape index (κ3) is 4.79. The van der Waals surface area contributed by atoms with Gasteiger partial charge in [0.25, 0.3) is 0 Å². The van der Waals surface area contributed by atoms with Crippen LogP contribution in [0, 0.1) is 5.92 Å². The van der Waals surface area contributed by atoms with Crippen molar-refractivity contribution in [1.29, 1.82) is 0 Å². The lowest BCUT2D eigenvalue weighted by Crippen LogP contribution is -2.41. The van der Waals surface area contributed by atoms with Crippen LogP contribution in [0.25, 0.3) is 11.4 Å². The molecule has 2 aromatic heterocycles. The molecule has 8 nitrogen and oxygen atoms in total. The Labute approximate surface area is 173 Å². The SMILES string of the molecule is CC(C)Cc1noc(C2CCCN(C(=O)Nc3nc(-c4ccccc4)ns3)C2)n1. The van der Waals surface area contributed by atoms with E-state index in [1.54, 1.807) is 4.90 Å². The first-order valence-electron chi connectivity index (χ1n) is 9.86. The van der Waals surface area contributed by atoms with Gasteiger partial charge in [-0.25, -0.2) is 4.79 Å². The summed E-state index contributed by atoms with van der Waals surface area (Å²) in [4.78, 5) is 23.5. The summed E-state index contributed by atoms with van der Waals surface area (Å²) in [5.74, 6) is 2.52. The number of benzene rings is 1. The fourth-order valence-corrected chi connectivity index (χ4v) is 3.97. The molecule has 0 radical (unpaired) electrons. The molecule has 0 bridgehead atoms. The number of rotatable bonds is 5. The number of urea groups is 1. The van der Waals surface area contributed by atoms with Crippen LogP contribution in [0.5, 0.6) is 0 Å². The van der Waals surface area contributed by atoms with Crippen LogP contribution in [-0.4, -0.2) is 43.5 Å². The predicted molar refractivity (Wildman–Crippen MR) is 111 cm³/mol. The van der Waals surface area contributed by atoms with E-state index in [2.05, 4.69) is 38.7 Å². The molecule has 1 aliphatic heterocycles. The first-order valence-corrected chi connectivity index (χ1v) is 10.6. The lowest BCUT2D eigenvalue weighted by molar-refractivity contribution is 0.184. The topological polar surface area (TPSA) is 97.0 Å². The van der Waals surface area contributed by atoms with Gasteiger partial charge in [0.15, 0.2) is 11.6 Å². The Morgan fingerprint density at radius 3 is 2.93 bits per heavy atom. The summed E-state index contributed by atoms with van der Waals surface area (Å²) in [6.45, 7) is 5.50. The van der Waals surface area contributed by atoms with E-state index in [-0.39, 0.29) is 11.9 Å². The first kappa shape index (κ1) is 19.5. The Morgan fingerprint density at radius 2 is 2.14 bits per heavy atom. The molecule has 4 rings (SSSR count). The van der Waals surface area contributed by atoms with Crippen molar-refractivity contribution in [1.82, 2.24) is 24.4 Å². The van der Waals surface area contributed by atoms with Crippen LogP contribution in [0.15, 0.2) is 34.9 Å². The maximum Gasteiger partial charge on any atom is 0.323 e. The Bertz CT molecular complexity index is 955. The molecule has 0 saturated carbocycles. The van der Waals surface area contributed by atoms with Crippen molar-refractivity contribution in [3.05, 3.63) is 42.0 Å². The normalized spacial score (nSPS) is 16.9. The number of nitrogens with zero attached hydrogens (tertiary/aromatic N) is 5. The van der Waals surface area contributed by atoms with E-state index in [1.807, 2.05) is 30.3 Å². The van der Waals surface area contributed by atoms with Gasteiger partial charge in [-0.1, -0.05) is 49.3 Å². The number of amides is 2. The predicted octanol–water partition coefficient (Wildman–Crippen LogP) is 4.20. The van der Waals surface area contributed by atoms with Crippen LogP contribution < -0.4 is 5.32 Å². The van der Waals surface area contributed by atoms with Crippen molar-refractivity contribution in [3.63, 3.8) is 0 Å². The van der Waals surface area contributed by atoms with Crippen molar-refractivity contribution in [3.8, 4) is 11.4 Å². The van der Waals surface area contributed by atoms with Gasteiger partial charge in [0, 0.05) is 36.6 Å². The minimum atomic E-state index is -0.174. The number of carbonyl (C=O) groups is 1. The van der Waals surface area contributed by atoms with E-state index in [9.17, 15) is 4.79 Å². The second kappa shape index (κ2) is 8.69. The van der Waals surface area contributed by atoms with Crippen LogP contribution >= 0.6 is 11.5 Å². The molecule has 1 fully saturated rings. The molecule has 1 unspecified atom stereocenters. The highest BCUT2D eigenvalue weighted by Gasteiger charge is 2.29. The zero-order valence-corrected chi connectivity index (χ0v) is 17.4. The maximum atomic E-state index is 12.7. The summed E-state index contributed by atoms with van der Waals surface area (Å²) >= 11 is 1.18. The summed E-state index contributed by atoms with van der Waals surface area (Å²) in [6, 6.07) is 9.54. The van der Waals surface area contributed by atoms with Crippen molar-refractivity contribution in [2.45, 2.75) is 39.0 Å². The molecule has 152 valence electrons. The molecular weight excluding hydrogens is 388 g/mol. The Hall–Kier alpha value is -2.81. The highest BCUT2D eigenvalue weighted by atomic mass is 32.1. The van der Waals surface area contributed by atoms with Gasteiger partial charge in [-0.2, -0.15) is 14.3 Å². The maximum absolute atomic E-state index is 12.7. The molecule has 9 heteroatoms. The van der Waals surface area contributed by atoms with Crippen LogP contribution in [0.1, 0.15) is 44.3 Å². The van der Waals surface area contributed by atoms with Gasteiger partial charge in [0.1, 0.15) is 0 Å². The molecule has 1 saturated heterocycles. The summed E-state index contributed by atoms with van der Waals surface area (Å²) in [7, 11) is 0. The Balaban J connectivity index is 1.38. The van der Waals surface area contributed by atoms with E-state index in [1.165, 1.54) is 11.5 Å². The van der Waals surface area contributed by atoms with Crippen molar-refractivity contribution >= 4 is 22.7 Å². The van der Waals surface area contributed by atoms with Gasteiger partial charge >= 0.3 is 6.03 Å². The number of aromatic nitrogens is 4. The summed E-state index contributed by atoms with van der Waals surface area (Å²) in [5, 5.41) is 7.44. The second-order valence-corrected chi connectivity index (χ2v) is 8.40. The van der Waals surface area contributed by atoms with Gasteiger partial charge in [-0.3, -0.25) is 5.32 Å². The molecule has 2 amide bonds. The van der Waals surface area contributed by atoms with Crippen molar-refractivity contribution < 1.29 is 9.32 Å². The average molecular weight is 413 g/mol. The monoisotopic (exact) mass is 412 g/mol. The molecule has 0 aliphatic carbocycles. The average Bonchev–Trinajstić information content (AvgIpc) is 3.38. The summed E-state index contributed by atoms with van der Waals surface area (Å²) < 4.78 is 9.80. The fourth-order valence-electron chi connectivity index (χ4n) is 3.39. The fraction of sp³-hybridized carbons (Fsp3) is 0.450. The Kier molecular flexibility index (Phi) is 5.84. The molecule has 29 heavy (non-hydrogen) atoms. The highest BCUT2D eigenvalue weighted by molar-refractivity contribution is 7.10. The number of piperidine rings is 1. The van der Waals surface area contributed by atoms with Crippen LogP contribution in [0.3, 0.4) is 0 Å². The zero-order valence-electron chi connectivity index (χ0n) is 16.5. The van der Waals surface area contributed by atoms with Gasteiger partial charge < -0.3 is 9.42 Å². The molecule has 1 aromatic carbocycles. The van der Waals surface area contributed by atoms with Crippen LogP contribution in [0.4, 0.5) is 9.93 Å². The van der Waals surface area contributed by atoms with Crippen molar-refractivity contribution in [2.24, 2.45) is 5.92 Å². The number of nitrogens with one attached hydrogen (secondary N) is 1. The molecule has 1 atom stereocenters. The molecule has 1 aliphatic rings. The minimum Gasteiger partial charge on any atom is -0.339 e. The quantitative estimate of drug-likeness (QED) is 0.675. The summed E-state index contributed by atoms with van der Waals surface area (Å²) in [6.07, 6.45) is 2.62. The summed E-state index contributed by atoms with van der Waals surface area (Å²) in [5.41, 5.74) is 0.927. The lowest BCUT2D eigenvalue weighted by atomic mass is 9.98. The van der Waals surface area contributed by atoms with Crippen LogP contribution in [-0.2, 0) is 6.42 Å². The smallest absolute Gasteiger partial charge is 0.323 e.